The lowest BCUT2D eigenvalue weighted by Crippen LogP contribution is -2.07. The highest BCUT2D eigenvalue weighted by Crippen LogP contribution is 2.30. The van der Waals surface area contributed by atoms with Gasteiger partial charge < -0.3 is 0 Å². The van der Waals surface area contributed by atoms with E-state index in [4.69, 9.17) is 10.1 Å². The van der Waals surface area contributed by atoms with Crippen molar-refractivity contribution >= 4 is 0 Å². The van der Waals surface area contributed by atoms with Gasteiger partial charge in [-0.05, 0) is 40.7 Å². The molecular formula is C26H33N7. The topological polar surface area (TPSA) is 85.2 Å². The Kier molecular flexibility index (Phi) is 7.60. The maximum Gasteiger partial charge on any atom is 0.205 e. The number of hydrogen-bond acceptors (Lipinski definition) is 5. The minimum atomic E-state index is 0.601. The lowest BCUT2D eigenvalue weighted by atomic mass is 9.98. The van der Waals surface area contributed by atoms with E-state index in [0.29, 0.717) is 11.7 Å². The average molecular weight is 444 g/mol. The number of aryl methyl sites for hydroxylation is 2. The van der Waals surface area contributed by atoms with Crippen LogP contribution in [0.3, 0.4) is 0 Å². The third-order valence-electron chi connectivity index (χ3n) is 5.85. The largest absolute Gasteiger partial charge is 0.249 e. The van der Waals surface area contributed by atoms with Gasteiger partial charge >= 0.3 is 0 Å². The van der Waals surface area contributed by atoms with Crippen LogP contribution in [0.15, 0.2) is 48.5 Å². The lowest BCUT2D eigenvalue weighted by Gasteiger charge is -2.09. The fraction of sp³-hybridized carbons (Fsp3) is 0.423. The molecule has 7 heteroatoms. The molecule has 4 rings (SSSR count). The van der Waals surface area contributed by atoms with Gasteiger partial charge in [0.1, 0.15) is 5.82 Å². The lowest BCUT2D eigenvalue weighted by molar-refractivity contribution is 0.525. The van der Waals surface area contributed by atoms with Gasteiger partial charge in [0.05, 0.1) is 0 Å². The quantitative estimate of drug-likeness (QED) is 0.310. The van der Waals surface area contributed by atoms with E-state index in [-0.39, 0.29) is 0 Å². The van der Waals surface area contributed by atoms with Crippen LogP contribution in [0.2, 0.25) is 0 Å². The predicted octanol–water partition coefficient (Wildman–Crippen LogP) is 5.49. The smallest absolute Gasteiger partial charge is 0.205 e. The Hall–Kier alpha value is -3.35. The number of aromatic nitrogens is 7. The van der Waals surface area contributed by atoms with Crippen LogP contribution < -0.4 is 0 Å². The van der Waals surface area contributed by atoms with Crippen LogP contribution in [-0.4, -0.2) is 35.4 Å². The fourth-order valence-electron chi connectivity index (χ4n) is 3.96. The van der Waals surface area contributed by atoms with Crippen LogP contribution in [0, 0.1) is 5.92 Å². The molecule has 33 heavy (non-hydrogen) atoms. The van der Waals surface area contributed by atoms with Crippen molar-refractivity contribution in [3.05, 3.63) is 65.7 Å². The first-order valence-electron chi connectivity index (χ1n) is 12.0. The molecular weight excluding hydrogens is 410 g/mol. The highest BCUT2D eigenvalue weighted by Gasteiger charge is 2.13. The normalized spacial score (nSPS) is 11.4. The van der Waals surface area contributed by atoms with Gasteiger partial charge in [-0.3, -0.25) is 0 Å². The van der Waals surface area contributed by atoms with Crippen molar-refractivity contribution in [2.75, 3.05) is 0 Å². The van der Waals surface area contributed by atoms with Gasteiger partial charge in [0.2, 0.25) is 5.82 Å². The number of benzene rings is 2. The van der Waals surface area contributed by atoms with Crippen molar-refractivity contribution in [2.24, 2.45) is 5.92 Å². The summed E-state index contributed by atoms with van der Waals surface area (Å²) in [7, 11) is 0. The van der Waals surface area contributed by atoms with Gasteiger partial charge in [0, 0.05) is 24.9 Å². The van der Waals surface area contributed by atoms with E-state index in [1.165, 1.54) is 18.4 Å². The number of nitrogens with zero attached hydrogens (tertiary/aromatic N) is 6. The summed E-state index contributed by atoms with van der Waals surface area (Å²) in [4.78, 5) is 4.91. The van der Waals surface area contributed by atoms with Gasteiger partial charge in [0.25, 0.3) is 0 Å². The third kappa shape index (κ3) is 5.92. The molecule has 0 aliphatic carbocycles. The molecule has 0 aliphatic heterocycles. The zero-order chi connectivity index (χ0) is 23.0. The van der Waals surface area contributed by atoms with Crippen LogP contribution >= 0.6 is 0 Å². The second-order valence-electron chi connectivity index (χ2n) is 8.96. The number of nitrogens with one attached hydrogen (secondary N) is 1. The molecule has 1 N–H and O–H groups in total. The summed E-state index contributed by atoms with van der Waals surface area (Å²) in [5.41, 5.74) is 4.41. The van der Waals surface area contributed by atoms with Gasteiger partial charge in [0.15, 0.2) is 5.82 Å². The van der Waals surface area contributed by atoms with Crippen molar-refractivity contribution in [3.8, 4) is 22.5 Å². The minimum Gasteiger partial charge on any atom is -0.249 e. The molecule has 172 valence electrons. The number of hydrogen-bond donors (Lipinski definition) is 1. The molecule has 2 aromatic carbocycles. The molecule has 4 aromatic rings. The molecule has 0 atom stereocenters. The van der Waals surface area contributed by atoms with Crippen molar-refractivity contribution in [1.29, 1.82) is 0 Å². The number of rotatable bonds is 11. The molecule has 2 aromatic heterocycles. The number of aromatic amines is 1. The highest BCUT2D eigenvalue weighted by atomic mass is 15.5. The van der Waals surface area contributed by atoms with Crippen LogP contribution in [0.4, 0.5) is 0 Å². The van der Waals surface area contributed by atoms with Crippen LogP contribution in [0.25, 0.3) is 22.5 Å². The molecule has 0 spiro atoms. The second-order valence-corrected chi connectivity index (χ2v) is 8.96. The van der Waals surface area contributed by atoms with Crippen molar-refractivity contribution < 1.29 is 0 Å². The molecule has 7 nitrogen and oxygen atoms in total. The maximum absolute atomic E-state index is 4.91. The Morgan fingerprint density at radius 1 is 0.970 bits per heavy atom. The van der Waals surface area contributed by atoms with Gasteiger partial charge in [-0.15, -0.1) is 10.2 Å². The molecule has 0 aliphatic rings. The second kappa shape index (κ2) is 11.0. The monoisotopic (exact) mass is 443 g/mol. The highest BCUT2D eigenvalue weighted by molar-refractivity contribution is 5.80. The van der Waals surface area contributed by atoms with E-state index in [1.807, 2.05) is 18.2 Å². The summed E-state index contributed by atoms with van der Waals surface area (Å²) in [6.45, 7) is 7.66. The fourth-order valence-corrected chi connectivity index (χ4v) is 3.96. The zero-order valence-electron chi connectivity index (χ0n) is 19.8. The van der Waals surface area contributed by atoms with Gasteiger partial charge in [-0.25, -0.2) is 9.67 Å². The van der Waals surface area contributed by atoms with E-state index in [1.54, 1.807) is 0 Å². The van der Waals surface area contributed by atoms with E-state index < -0.39 is 0 Å². The first-order valence-corrected chi connectivity index (χ1v) is 12.0. The Balaban J connectivity index is 1.53. The number of H-pyrrole nitrogens is 1. The van der Waals surface area contributed by atoms with Crippen LogP contribution in [0.5, 0.6) is 0 Å². The Bertz CT molecular complexity index is 1130. The van der Waals surface area contributed by atoms with Gasteiger partial charge in [-0.2, -0.15) is 10.3 Å². The summed E-state index contributed by atoms with van der Waals surface area (Å²) in [6.07, 6.45) is 6.41. The molecule has 0 fully saturated rings. The summed E-state index contributed by atoms with van der Waals surface area (Å²) in [5, 5.41) is 19.4. The summed E-state index contributed by atoms with van der Waals surface area (Å²) >= 11 is 0. The van der Waals surface area contributed by atoms with Crippen LogP contribution in [0.1, 0.15) is 63.7 Å². The molecule has 2 heterocycles. The van der Waals surface area contributed by atoms with Crippen molar-refractivity contribution in [2.45, 2.75) is 65.8 Å². The SMILES string of the molecule is CCCCCn1nc(CCC(C)C)nc1Cc1ccc(-c2ccccc2-c2nn[nH]n2)cc1. The molecule has 0 unspecified atom stereocenters. The first-order chi connectivity index (χ1) is 16.1. The molecule has 0 amide bonds. The van der Waals surface area contributed by atoms with E-state index >= 15 is 0 Å². The Morgan fingerprint density at radius 3 is 2.45 bits per heavy atom. The standard InChI is InChI=1S/C26H33N7/c1-4-5-8-17-33-25(27-24(30-33)16-11-19(2)3)18-20-12-14-21(15-13-20)22-9-6-7-10-23(22)26-28-31-32-29-26/h6-7,9-10,12-15,19H,4-5,8,11,16-18H2,1-3H3,(H,28,29,31,32). The van der Waals surface area contributed by atoms with E-state index in [2.05, 4.69) is 76.4 Å². The maximum atomic E-state index is 4.91. The Morgan fingerprint density at radius 2 is 1.76 bits per heavy atom. The molecule has 0 radical (unpaired) electrons. The Labute approximate surface area is 195 Å². The number of unbranched alkanes of at least 4 members (excludes halogenated alkanes) is 2. The van der Waals surface area contributed by atoms with E-state index in [0.717, 1.165) is 60.6 Å². The zero-order valence-corrected chi connectivity index (χ0v) is 19.8. The molecule has 0 saturated heterocycles. The van der Waals surface area contributed by atoms with Crippen LogP contribution in [-0.2, 0) is 19.4 Å². The minimum absolute atomic E-state index is 0.601. The van der Waals surface area contributed by atoms with Crippen molar-refractivity contribution in [1.82, 2.24) is 35.4 Å². The predicted molar refractivity (Wildman–Crippen MR) is 131 cm³/mol. The number of tetrazole rings is 1. The summed E-state index contributed by atoms with van der Waals surface area (Å²) in [5.74, 6) is 3.29. The third-order valence-corrected chi connectivity index (χ3v) is 5.85. The van der Waals surface area contributed by atoms with Gasteiger partial charge in [-0.1, -0.05) is 82.1 Å². The van der Waals surface area contributed by atoms with Crippen molar-refractivity contribution in [3.63, 3.8) is 0 Å². The first kappa shape index (κ1) is 22.8. The van der Waals surface area contributed by atoms with E-state index in [9.17, 15) is 0 Å². The summed E-state index contributed by atoms with van der Waals surface area (Å²) < 4.78 is 2.13. The molecule has 0 saturated carbocycles. The molecule has 0 bridgehead atoms. The average Bonchev–Trinajstić information content (AvgIpc) is 3.49. The summed E-state index contributed by atoms with van der Waals surface area (Å²) in [6, 6.07) is 16.8.